The number of hydrazine groups is 1. The summed E-state index contributed by atoms with van der Waals surface area (Å²) in [5, 5.41) is 6.03. The Labute approximate surface area is 229 Å². The number of urea groups is 1. The Hall–Kier alpha value is -3.11. The molecule has 2 saturated heterocycles. The summed E-state index contributed by atoms with van der Waals surface area (Å²) in [5.74, 6) is 0.108. The summed E-state index contributed by atoms with van der Waals surface area (Å²) in [4.78, 5) is 43.7. The Balaban J connectivity index is 0.00000195. The largest absolute Gasteiger partial charge is 0.334 e. The third-order valence-electron chi connectivity index (χ3n) is 6.80. The van der Waals surface area contributed by atoms with E-state index in [1.807, 2.05) is 57.4 Å². The van der Waals surface area contributed by atoms with Crippen LogP contribution in [0.15, 0.2) is 54.6 Å². The summed E-state index contributed by atoms with van der Waals surface area (Å²) in [7, 11) is 1.70. The molecule has 206 valence electrons. The predicted molar refractivity (Wildman–Crippen MR) is 148 cm³/mol. The minimum absolute atomic E-state index is 0.00223. The fourth-order valence-electron chi connectivity index (χ4n) is 4.89. The molecule has 3 atom stereocenters. The van der Waals surface area contributed by atoms with Gasteiger partial charge in [-0.25, -0.2) is 19.2 Å². The minimum Gasteiger partial charge on any atom is -0.333 e. The zero-order valence-corrected chi connectivity index (χ0v) is 23.6. The Morgan fingerprint density at radius 3 is 2.39 bits per heavy atom. The van der Waals surface area contributed by atoms with E-state index in [2.05, 4.69) is 5.32 Å². The van der Waals surface area contributed by atoms with Gasteiger partial charge in [0.05, 0.1) is 19.1 Å². The maximum absolute atomic E-state index is 13.7. The number of amides is 4. The number of piperazine rings is 1. The molecule has 2 aliphatic rings. The summed E-state index contributed by atoms with van der Waals surface area (Å²) >= 11 is 1.62. The lowest BCUT2D eigenvalue weighted by Crippen LogP contribution is -2.76. The lowest BCUT2D eigenvalue weighted by Gasteiger charge is -2.55. The highest BCUT2D eigenvalue weighted by Gasteiger charge is 2.51. The number of hydrogen-bond donors (Lipinski definition) is 1. The average Bonchev–Trinajstić information content (AvgIpc) is 2.93. The Bertz CT molecular complexity index is 1090. The number of nitrogens with zero attached hydrogens (tertiary/aromatic N) is 4. The highest BCUT2D eigenvalue weighted by Crippen LogP contribution is 2.32. The lowest BCUT2D eigenvalue weighted by molar-refractivity contribution is -0.189. The Morgan fingerprint density at radius 1 is 1.11 bits per heavy atom. The second kappa shape index (κ2) is 13.6. The molecule has 10 heteroatoms. The molecule has 0 spiro atoms. The molecule has 4 rings (SSSR count). The van der Waals surface area contributed by atoms with Crippen LogP contribution < -0.4 is 5.32 Å². The number of nitrogens with one attached hydrogen (secondary N) is 1. The molecule has 0 aromatic heterocycles. The Morgan fingerprint density at radius 2 is 1.76 bits per heavy atom. The van der Waals surface area contributed by atoms with Gasteiger partial charge in [0.25, 0.3) is 0 Å². The maximum Gasteiger partial charge on any atom is 0.334 e. The summed E-state index contributed by atoms with van der Waals surface area (Å²) in [6, 6.07) is 14.4. The van der Waals surface area contributed by atoms with Crippen LogP contribution in [0.5, 0.6) is 0 Å². The summed E-state index contributed by atoms with van der Waals surface area (Å²) < 4.78 is 13.3. The number of thioether (sulfide) groups is 1. The van der Waals surface area contributed by atoms with Gasteiger partial charge < -0.3 is 15.1 Å². The summed E-state index contributed by atoms with van der Waals surface area (Å²) in [5.41, 5.74) is 1.75. The number of hydrogen-bond acceptors (Lipinski definition) is 5. The smallest absolute Gasteiger partial charge is 0.333 e. The molecule has 0 saturated carbocycles. The van der Waals surface area contributed by atoms with E-state index in [1.165, 1.54) is 17.1 Å². The van der Waals surface area contributed by atoms with Crippen molar-refractivity contribution < 1.29 is 18.8 Å². The van der Waals surface area contributed by atoms with Gasteiger partial charge in [-0.3, -0.25) is 9.59 Å². The van der Waals surface area contributed by atoms with Gasteiger partial charge in [-0.15, -0.1) is 0 Å². The molecule has 2 aromatic carbocycles. The topological polar surface area (TPSA) is 76.2 Å². The van der Waals surface area contributed by atoms with Crippen molar-refractivity contribution in [2.75, 3.05) is 32.1 Å². The van der Waals surface area contributed by atoms with Crippen LogP contribution in [0.4, 0.5) is 9.18 Å². The molecule has 0 radical (unpaired) electrons. The quantitative estimate of drug-likeness (QED) is 0.569. The van der Waals surface area contributed by atoms with E-state index < -0.39 is 12.2 Å². The molecule has 2 aromatic rings. The van der Waals surface area contributed by atoms with Gasteiger partial charge >= 0.3 is 6.03 Å². The number of likely N-dealkylation sites (N-methyl/N-ethyl adjacent to an activating group) is 1. The maximum atomic E-state index is 13.7. The summed E-state index contributed by atoms with van der Waals surface area (Å²) in [6.45, 7) is 6.38. The first kappa shape index (κ1) is 29.4. The van der Waals surface area contributed by atoms with Gasteiger partial charge in [-0.05, 0) is 48.6 Å². The van der Waals surface area contributed by atoms with Crippen molar-refractivity contribution in [1.29, 1.82) is 0 Å². The van der Waals surface area contributed by atoms with Crippen LogP contribution >= 0.6 is 11.8 Å². The average molecular weight is 544 g/mol. The van der Waals surface area contributed by atoms with Crippen LogP contribution in [0.2, 0.25) is 0 Å². The van der Waals surface area contributed by atoms with Crippen molar-refractivity contribution in [2.45, 2.75) is 52.0 Å². The molecule has 2 fully saturated rings. The number of benzene rings is 2. The zero-order chi connectivity index (χ0) is 27.8. The number of fused-ring (bicyclic) bond motifs is 1. The molecule has 8 nitrogen and oxygen atoms in total. The Kier molecular flexibility index (Phi) is 10.6. The monoisotopic (exact) mass is 543 g/mol. The fraction of sp³-hybridized carbons (Fsp3) is 0.464. The van der Waals surface area contributed by atoms with Gasteiger partial charge in [0, 0.05) is 13.6 Å². The minimum atomic E-state index is -0.643. The van der Waals surface area contributed by atoms with Crippen molar-refractivity contribution in [3.63, 3.8) is 0 Å². The number of rotatable bonds is 7. The molecule has 1 unspecified atom stereocenters. The standard InChI is InChI=1S/C26H32FN5O3S.C2H6/c1-18(20-7-5-4-6-8-20)30-16-23-31(22(25(30)34)13-14-36-3)24(33)17-29(2)32(23)26(35)28-15-19-9-11-21(27)12-10-19;1-2/h4-12,18,22-23H,13-17H2,1-3H3,(H,28,35);1-2H3/t18-,22-,23?;/m0./s1. The van der Waals surface area contributed by atoms with E-state index in [9.17, 15) is 18.8 Å². The van der Waals surface area contributed by atoms with Crippen molar-refractivity contribution >= 4 is 29.6 Å². The van der Waals surface area contributed by atoms with Gasteiger partial charge in [0.15, 0.2) is 0 Å². The van der Waals surface area contributed by atoms with Crippen molar-refractivity contribution in [3.8, 4) is 0 Å². The van der Waals surface area contributed by atoms with Crippen LogP contribution in [-0.2, 0) is 16.1 Å². The van der Waals surface area contributed by atoms with E-state index in [4.69, 9.17) is 0 Å². The van der Waals surface area contributed by atoms with Crippen molar-refractivity contribution in [1.82, 2.24) is 25.1 Å². The van der Waals surface area contributed by atoms with E-state index in [0.29, 0.717) is 12.2 Å². The molecular weight excluding hydrogens is 505 g/mol. The second-order valence-corrected chi connectivity index (χ2v) is 10.1. The van der Waals surface area contributed by atoms with Gasteiger partial charge in [-0.2, -0.15) is 11.8 Å². The normalized spacial score (nSPS) is 20.4. The molecule has 4 amide bonds. The lowest BCUT2D eigenvalue weighted by atomic mass is 9.99. The van der Waals surface area contributed by atoms with E-state index >= 15 is 0 Å². The van der Waals surface area contributed by atoms with Gasteiger partial charge in [0.1, 0.15) is 18.0 Å². The molecule has 2 aliphatic heterocycles. The first-order chi connectivity index (χ1) is 18.3. The molecule has 0 bridgehead atoms. The van der Waals surface area contributed by atoms with Gasteiger partial charge in [0.2, 0.25) is 11.8 Å². The van der Waals surface area contributed by atoms with E-state index in [1.54, 1.807) is 45.8 Å². The predicted octanol–water partition coefficient (Wildman–Crippen LogP) is 4.10. The number of carbonyl (C=O) groups is 3. The van der Waals surface area contributed by atoms with E-state index in [0.717, 1.165) is 11.1 Å². The van der Waals surface area contributed by atoms with Gasteiger partial charge in [-0.1, -0.05) is 56.3 Å². The SMILES string of the molecule is CC.CSCC[C@H]1C(=O)N([C@@H](C)c2ccccc2)CC2N1C(=O)CN(C)N2C(=O)NCc1ccc(F)cc1. The van der Waals surface area contributed by atoms with Crippen LogP contribution in [0.25, 0.3) is 0 Å². The summed E-state index contributed by atoms with van der Waals surface area (Å²) in [6.07, 6.45) is 1.84. The molecule has 0 aliphatic carbocycles. The fourth-order valence-corrected chi connectivity index (χ4v) is 5.35. The first-order valence-electron chi connectivity index (χ1n) is 13.0. The molecular formula is C28H38FN5O3S. The molecule has 2 heterocycles. The molecule has 1 N–H and O–H groups in total. The van der Waals surface area contributed by atoms with E-state index in [-0.39, 0.29) is 49.3 Å². The third-order valence-corrected chi connectivity index (χ3v) is 7.44. The molecule has 38 heavy (non-hydrogen) atoms. The van der Waals surface area contributed by atoms with Crippen LogP contribution in [0.3, 0.4) is 0 Å². The van der Waals surface area contributed by atoms with Crippen LogP contribution in [0.1, 0.15) is 44.4 Å². The zero-order valence-electron chi connectivity index (χ0n) is 22.8. The highest BCUT2D eigenvalue weighted by molar-refractivity contribution is 7.98. The number of halogens is 1. The third kappa shape index (κ3) is 6.47. The second-order valence-electron chi connectivity index (χ2n) is 9.10. The number of carbonyl (C=O) groups excluding carboxylic acids is 3. The van der Waals surface area contributed by atoms with Crippen molar-refractivity contribution in [2.24, 2.45) is 0 Å². The highest BCUT2D eigenvalue weighted by atomic mass is 32.2. The van der Waals surface area contributed by atoms with Crippen LogP contribution in [0, 0.1) is 5.82 Å². The van der Waals surface area contributed by atoms with Crippen molar-refractivity contribution in [3.05, 3.63) is 71.5 Å². The van der Waals surface area contributed by atoms with Crippen LogP contribution in [-0.4, -0.2) is 82.0 Å². The first-order valence-corrected chi connectivity index (χ1v) is 14.4.